The molecule has 90 valence electrons. The molecule has 5 nitrogen and oxygen atoms in total. The summed E-state index contributed by atoms with van der Waals surface area (Å²) in [6.45, 7) is 0. The van der Waals surface area contributed by atoms with E-state index < -0.39 is 0 Å². The number of hydrogen-bond acceptors (Lipinski definition) is 4. The van der Waals surface area contributed by atoms with E-state index in [0.29, 0.717) is 17.2 Å². The van der Waals surface area contributed by atoms with Crippen LogP contribution >= 0.6 is 11.3 Å². The number of amides is 2. The Hall–Kier alpha value is -2.39. The molecule has 6 heteroatoms. The molecule has 0 saturated heterocycles. The van der Waals surface area contributed by atoms with Crippen LogP contribution in [0.5, 0.6) is 0 Å². The molecule has 0 aliphatic heterocycles. The molecular weight excluding hydrogens is 248 g/mol. The summed E-state index contributed by atoms with van der Waals surface area (Å²) >= 11 is 1.35. The van der Waals surface area contributed by atoms with Crippen LogP contribution in [-0.2, 0) is 6.42 Å². The van der Waals surface area contributed by atoms with Crippen LogP contribution in [0.1, 0.15) is 5.56 Å². The molecule has 0 aliphatic rings. The first-order valence-corrected chi connectivity index (χ1v) is 6.09. The predicted octanol–water partition coefficient (Wildman–Crippen LogP) is 2.85. The van der Waals surface area contributed by atoms with Crippen molar-refractivity contribution in [1.29, 1.82) is 5.26 Å². The maximum absolute atomic E-state index is 11.6. The summed E-state index contributed by atoms with van der Waals surface area (Å²) in [7, 11) is 0. The third kappa shape index (κ3) is 3.30. The van der Waals surface area contributed by atoms with Crippen LogP contribution in [0.3, 0.4) is 0 Å². The van der Waals surface area contributed by atoms with Gasteiger partial charge in [-0.25, -0.2) is 9.78 Å². The molecular formula is C12H10N4OS. The molecule has 2 N–H and O–H groups in total. The van der Waals surface area contributed by atoms with Crippen molar-refractivity contribution in [2.75, 3.05) is 10.6 Å². The van der Waals surface area contributed by atoms with E-state index in [1.54, 1.807) is 23.7 Å². The monoisotopic (exact) mass is 258 g/mol. The van der Waals surface area contributed by atoms with Gasteiger partial charge in [0.2, 0.25) is 0 Å². The number of anilines is 2. The van der Waals surface area contributed by atoms with Crippen LogP contribution in [0.15, 0.2) is 35.8 Å². The summed E-state index contributed by atoms with van der Waals surface area (Å²) in [5.41, 5.74) is 1.59. The van der Waals surface area contributed by atoms with Gasteiger partial charge >= 0.3 is 6.03 Å². The molecule has 18 heavy (non-hydrogen) atoms. The Bertz CT molecular complexity index is 557. The summed E-state index contributed by atoms with van der Waals surface area (Å²) < 4.78 is 0. The molecule has 0 radical (unpaired) electrons. The van der Waals surface area contributed by atoms with Gasteiger partial charge in [0, 0.05) is 17.3 Å². The SMILES string of the molecule is N#CCc1ccc(NC(=O)Nc2nccs2)cc1. The summed E-state index contributed by atoms with van der Waals surface area (Å²) in [6.07, 6.45) is 1.99. The number of hydrogen-bond donors (Lipinski definition) is 2. The van der Waals surface area contributed by atoms with E-state index in [4.69, 9.17) is 5.26 Å². The second-order valence-corrected chi connectivity index (χ2v) is 4.34. The van der Waals surface area contributed by atoms with E-state index in [2.05, 4.69) is 21.7 Å². The maximum atomic E-state index is 11.6. The van der Waals surface area contributed by atoms with Crippen molar-refractivity contribution >= 4 is 28.2 Å². The van der Waals surface area contributed by atoms with E-state index in [1.807, 2.05) is 12.1 Å². The van der Waals surface area contributed by atoms with Crippen molar-refractivity contribution in [2.24, 2.45) is 0 Å². The summed E-state index contributed by atoms with van der Waals surface area (Å²) in [5, 5.41) is 16.2. The lowest BCUT2D eigenvalue weighted by Gasteiger charge is -2.05. The van der Waals surface area contributed by atoms with Gasteiger partial charge in [0.15, 0.2) is 5.13 Å². The minimum absolute atomic E-state index is 0.335. The van der Waals surface area contributed by atoms with Crippen LogP contribution in [0, 0.1) is 11.3 Å². The Morgan fingerprint density at radius 3 is 2.72 bits per heavy atom. The van der Waals surface area contributed by atoms with Crippen LogP contribution in [0.25, 0.3) is 0 Å². The number of carbonyl (C=O) groups is 1. The van der Waals surface area contributed by atoms with Gasteiger partial charge in [0.05, 0.1) is 12.5 Å². The largest absolute Gasteiger partial charge is 0.325 e. The van der Waals surface area contributed by atoms with Crippen molar-refractivity contribution < 1.29 is 4.79 Å². The van der Waals surface area contributed by atoms with Gasteiger partial charge in [0.25, 0.3) is 0 Å². The molecule has 2 aromatic rings. The highest BCUT2D eigenvalue weighted by Crippen LogP contribution is 2.13. The van der Waals surface area contributed by atoms with Crippen LogP contribution in [0.2, 0.25) is 0 Å². The number of aromatic nitrogens is 1. The number of nitrogens with zero attached hydrogens (tertiary/aromatic N) is 2. The lowest BCUT2D eigenvalue weighted by molar-refractivity contribution is 0.262. The van der Waals surface area contributed by atoms with Gasteiger partial charge in [-0.15, -0.1) is 11.3 Å². The van der Waals surface area contributed by atoms with E-state index in [1.165, 1.54) is 11.3 Å². The first-order valence-electron chi connectivity index (χ1n) is 5.21. The highest BCUT2D eigenvalue weighted by atomic mass is 32.1. The zero-order valence-electron chi connectivity index (χ0n) is 9.38. The number of benzene rings is 1. The minimum atomic E-state index is -0.335. The van der Waals surface area contributed by atoms with Crippen LogP contribution < -0.4 is 10.6 Å². The number of carbonyl (C=O) groups excluding carboxylic acids is 1. The molecule has 0 saturated carbocycles. The highest BCUT2D eigenvalue weighted by molar-refractivity contribution is 7.13. The fourth-order valence-electron chi connectivity index (χ4n) is 1.34. The highest BCUT2D eigenvalue weighted by Gasteiger charge is 2.03. The fraction of sp³-hybridized carbons (Fsp3) is 0.0833. The molecule has 1 heterocycles. The lowest BCUT2D eigenvalue weighted by Crippen LogP contribution is -2.19. The Labute approximate surface area is 108 Å². The maximum Gasteiger partial charge on any atom is 0.325 e. The van der Waals surface area contributed by atoms with Crippen molar-refractivity contribution in [3.63, 3.8) is 0 Å². The van der Waals surface area contributed by atoms with Crippen molar-refractivity contribution in [1.82, 2.24) is 4.98 Å². The predicted molar refractivity (Wildman–Crippen MR) is 70.5 cm³/mol. The Balaban J connectivity index is 1.93. The topological polar surface area (TPSA) is 77.8 Å². The molecule has 0 fully saturated rings. The third-order valence-corrected chi connectivity index (χ3v) is 2.84. The standard InChI is InChI=1S/C12H10N4OS/c13-6-5-9-1-3-10(4-2-9)15-11(17)16-12-14-7-8-18-12/h1-4,7-8H,5H2,(H2,14,15,16,17). The average molecular weight is 258 g/mol. The molecule has 2 amide bonds. The summed E-state index contributed by atoms with van der Waals surface area (Å²) in [6, 6.07) is 8.86. The number of rotatable bonds is 3. The Morgan fingerprint density at radius 2 is 2.11 bits per heavy atom. The normalized spacial score (nSPS) is 9.50. The molecule has 1 aromatic heterocycles. The average Bonchev–Trinajstić information content (AvgIpc) is 2.84. The number of nitrogens with one attached hydrogen (secondary N) is 2. The van der Waals surface area contributed by atoms with E-state index in [9.17, 15) is 4.79 Å². The zero-order valence-corrected chi connectivity index (χ0v) is 10.2. The first-order chi connectivity index (χ1) is 8.78. The Morgan fingerprint density at radius 1 is 1.33 bits per heavy atom. The van der Waals surface area contributed by atoms with Gasteiger partial charge in [-0.2, -0.15) is 5.26 Å². The van der Waals surface area contributed by atoms with Gasteiger partial charge in [-0.05, 0) is 17.7 Å². The molecule has 1 aromatic carbocycles. The van der Waals surface area contributed by atoms with E-state index in [0.717, 1.165) is 5.56 Å². The van der Waals surface area contributed by atoms with Crippen molar-refractivity contribution in [3.05, 3.63) is 41.4 Å². The van der Waals surface area contributed by atoms with E-state index >= 15 is 0 Å². The van der Waals surface area contributed by atoms with Crippen molar-refractivity contribution in [2.45, 2.75) is 6.42 Å². The number of thiazole rings is 1. The molecule has 0 spiro atoms. The number of nitriles is 1. The smallest absolute Gasteiger partial charge is 0.308 e. The molecule has 0 unspecified atom stereocenters. The van der Waals surface area contributed by atoms with E-state index in [-0.39, 0.29) is 6.03 Å². The van der Waals surface area contributed by atoms with Crippen molar-refractivity contribution in [3.8, 4) is 6.07 Å². The minimum Gasteiger partial charge on any atom is -0.308 e. The molecule has 2 rings (SSSR count). The number of urea groups is 1. The quantitative estimate of drug-likeness (QED) is 0.888. The Kier molecular flexibility index (Phi) is 3.89. The molecule has 0 bridgehead atoms. The molecule has 0 atom stereocenters. The second kappa shape index (κ2) is 5.80. The third-order valence-electron chi connectivity index (χ3n) is 2.15. The van der Waals surface area contributed by atoms with Crippen LogP contribution in [0.4, 0.5) is 15.6 Å². The van der Waals surface area contributed by atoms with Gasteiger partial charge in [-0.1, -0.05) is 12.1 Å². The fourth-order valence-corrected chi connectivity index (χ4v) is 1.87. The zero-order chi connectivity index (χ0) is 12.8. The van der Waals surface area contributed by atoms with Crippen LogP contribution in [-0.4, -0.2) is 11.0 Å². The van der Waals surface area contributed by atoms with Gasteiger partial charge < -0.3 is 5.32 Å². The second-order valence-electron chi connectivity index (χ2n) is 3.45. The molecule has 0 aliphatic carbocycles. The summed E-state index contributed by atoms with van der Waals surface area (Å²) in [5.74, 6) is 0. The summed E-state index contributed by atoms with van der Waals surface area (Å²) in [4.78, 5) is 15.5. The van der Waals surface area contributed by atoms with Gasteiger partial charge in [0.1, 0.15) is 0 Å². The lowest BCUT2D eigenvalue weighted by atomic mass is 10.1. The van der Waals surface area contributed by atoms with Gasteiger partial charge in [-0.3, -0.25) is 5.32 Å². The first kappa shape index (κ1) is 12.1.